The fraction of sp³-hybridized carbons (Fsp3) is 0. The fourth-order valence-electron chi connectivity index (χ4n) is 7.11. The van der Waals surface area contributed by atoms with Crippen LogP contribution in [0.25, 0.3) is 69.6 Å². The number of rotatable bonds is 4. The number of aromatic nitrogens is 1. The number of hydrogen-bond acceptors (Lipinski definition) is 3. The summed E-state index contributed by atoms with van der Waals surface area (Å²) in [5.41, 5.74) is 8.54. The van der Waals surface area contributed by atoms with Crippen molar-refractivity contribution in [2.24, 2.45) is 0 Å². The summed E-state index contributed by atoms with van der Waals surface area (Å²) in [6.45, 7) is 0. The van der Waals surface area contributed by atoms with Gasteiger partial charge >= 0.3 is 0 Å². The predicted molar refractivity (Wildman–Crippen MR) is 196 cm³/mol. The highest BCUT2D eigenvalue weighted by Gasteiger charge is 2.19. The van der Waals surface area contributed by atoms with Crippen LogP contribution in [0.5, 0.6) is 0 Å². The molecular weight excluding hydrogens is 581 g/mol. The molecule has 10 aromatic rings. The number of para-hydroxylation sites is 3. The summed E-state index contributed by atoms with van der Waals surface area (Å²) in [7, 11) is 0. The minimum atomic E-state index is 0.881. The van der Waals surface area contributed by atoms with Gasteiger partial charge in [-0.2, -0.15) is 0 Å². The topological polar surface area (TPSA) is 21.3 Å². The lowest BCUT2D eigenvalue weighted by molar-refractivity contribution is 0.669. The molecule has 0 amide bonds. The van der Waals surface area contributed by atoms with Crippen molar-refractivity contribution in [3.63, 3.8) is 0 Å². The zero-order valence-electron chi connectivity index (χ0n) is 24.7. The van der Waals surface area contributed by atoms with E-state index in [2.05, 4.69) is 155 Å². The van der Waals surface area contributed by atoms with E-state index in [-0.39, 0.29) is 0 Å². The molecule has 0 N–H and O–H groups in total. The smallest absolute Gasteiger partial charge is 0.137 e. The molecule has 0 saturated heterocycles. The van der Waals surface area contributed by atoms with Gasteiger partial charge in [0, 0.05) is 70.5 Å². The Labute approximate surface area is 268 Å². The van der Waals surface area contributed by atoms with Gasteiger partial charge in [0.2, 0.25) is 0 Å². The number of benzene rings is 7. The van der Waals surface area contributed by atoms with E-state index in [1.807, 2.05) is 23.5 Å². The fourth-order valence-corrected chi connectivity index (χ4v) is 8.25. The molecule has 0 saturated carbocycles. The van der Waals surface area contributed by atoms with Crippen molar-refractivity contribution in [2.45, 2.75) is 0 Å². The van der Waals surface area contributed by atoms with Gasteiger partial charge in [-0.1, -0.05) is 84.9 Å². The van der Waals surface area contributed by atoms with Crippen LogP contribution in [0.4, 0.5) is 17.1 Å². The van der Waals surface area contributed by atoms with Gasteiger partial charge in [0.1, 0.15) is 11.2 Å². The molecule has 0 aliphatic carbocycles. The molecule has 0 fully saturated rings. The number of hydrogen-bond donors (Lipinski definition) is 0. The minimum Gasteiger partial charge on any atom is -0.456 e. The van der Waals surface area contributed by atoms with Crippen LogP contribution >= 0.6 is 11.3 Å². The van der Waals surface area contributed by atoms with Crippen LogP contribution in [-0.2, 0) is 0 Å². The zero-order valence-corrected chi connectivity index (χ0v) is 25.5. The van der Waals surface area contributed by atoms with Gasteiger partial charge in [0.25, 0.3) is 0 Å². The Morgan fingerprint density at radius 2 is 1.00 bits per heavy atom. The summed E-state index contributed by atoms with van der Waals surface area (Å²) in [5, 5.41) is 7.33. The Hall–Kier alpha value is -5.84. The van der Waals surface area contributed by atoms with Crippen LogP contribution in [0.15, 0.2) is 162 Å². The molecule has 46 heavy (non-hydrogen) atoms. The highest BCUT2D eigenvalue weighted by atomic mass is 32.1. The minimum absolute atomic E-state index is 0.881. The molecule has 0 spiro atoms. The van der Waals surface area contributed by atoms with Crippen LogP contribution in [0.3, 0.4) is 0 Å². The summed E-state index contributed by atoms with van der Waals surface area (Å²) >= 11 is 1.85. The number of fused-ring (bicyclic) bond motifs is 9. The van der Waals surface area contributed by atoms with Gasteiger partial charge in [-0.25, -0.2) is 0 Å². The summed E-state index contributed by atoms with van der Waals surface area (Å²) < 4.78 is 11.3. The van der Waals surface area contributed by atoms with Crippen LogP contribution in [0.2, 0.25) is 0 Å². The Kier molecular flexibility index (Phi) is 5.45. The van der Waals surface area contributed by atoms with Crippen molar-refractivity contribution in [1.82, 2.24) is 4.57 Å². The first-order valence-electron chi connectivity index (χ1n) is 15.5. The van der Waals surface area contributed by atoms with E-state index < -0.39 is 0 Å². The monoisotopic (exact) mass is 606 g/mol. The van der Waals surface area contributed by atoms with Crippen molar-refractivity contribution in [2.75, 3.05) is 4.90 Å². The molecule has 0 aliphatic rings. The molecule has 10 rings (SSSR count). The third kappa shape index (κ3) is 3.77. The Bertz CT molecular complexity index is 2650. The third-order valence-electron chi connectivity index (χ3n) is 9.17. The largest absolute Gasteiger partial charge is 0.456 e. The second-order valence-corrected chi connectivity index (χ2v) is 12.9. The zero-order chi connectivity index (χ0) is 30.2. The van der Waals surface area contributed by atoms with E-state index in [9.17, 15) is 0 Å². The Morgan fingerprint density at radius 3 is 1.87 bits per heavy atom. The van der Waals surface area contributed by atoms with Gasteiger partial charge in [-0.15, -0.1) is 11.3 Å². The molecule has 7 aromatic carbocycles. The quantitative estimate of drug-likeness (QED) is 0.199. The van der Waals surface area contributed by atoms with E-state index in [0.29, 0.717) is 0 Å². The van der Waals surface area contributed by atoms with Gasteiger partial charge < -0.3 is 13.9 Å². The first-order chi connectivity index (χ1) is 22.8. The lowest BCUT2D eigenvalue weighted by atomic mass is 10.1. The van der Waals surface area contributed by atoms with Gasteiger partial charge in [0.15, 0.2) is 0 Å². The van der Waals surface area contributed by atoms with Gasteiger partial charge in [-0.05, 0) is 66.7 Å². The average Bonchev–Trinajstić information content (AvgIpc) is 3.77. The summed E-state index contributed by atoms with van der Waals surface area (Å²) in [5.74, 6) is 0. The Morgan fingerprint density at radius 1 is 0.413 bits per heavy atom. The standard InChI is InChI=1S/C42H26N2OS/c1-2-10-27(11-3-1)44-37-15-7-4-12-31(37)32-21-18-28(24-38(32)44)43(29-19-22-34-33-13-5-8-16-39(33)45-40(34)25-29)30-20-23-36-35-14-6-9-17-41(35)46-42(36)26-30/h1-26H. The number of nitrogens with zero attached hydrogens (tertiary/aromatic N) is 2. The van der Waals surface area contributed by atoms with E-state index in [0.717, 1.165) is 44.7 Å². The molecule has 0 aliphatic heterocycles. The summed E-state index contributed by atoms with van der Waals surface area (Å²) in [6.07, 6.45) is 0. The Balaban J connectivity index is 1.24. The molecule has 216 valence electrons. The van der Waals surface area contributed by atoms with Crippen molar-refractivity contribution in [3.05, 3.63) is 158 Å². The number of thiophene rings is 1. The third-order valence-corrected chi connectivity index (χ3v) is 10.3. The second-order valence-electron chi connectivity index (χ2n) is 11.8. The molecule has 3 heterocycles. The normalized spacial score (nSPS) is 11.9. The van der Waals surface area contributed by atoms with Gasteiger partial charge in [0.05, 0.1) is 11.0 Å². The van der Waals surface area contributed by atoms with Crippen LogP contribution < -0.4 is 4.90 Å². The van der Waals surface area contributed by atoms with Crippen LogP contribution in [0.1, 0.15) is 0 Å². The van der Waals surface area contributed by atoms with E-state index in [4.69, 9.17) is 4.42 Å². The highest BCUT2D eigenvalue weighted by molar-refractivity contribution is 7.25. The second kappa shape index (κ2) is 9.83. The average molecular weight is 607 g/mol. The molecule has 0 atom stereocenters. The molecule has 0 bridgehead atoms. The van der Waals surface area contributed by atoms with Crippen LogP contribution in [-0.4, -0.2) is 4.57 Å². The number of anilines is 3. The maximum absolute atomic E-state index is 6.38. The van der Waals surface area contributed by atoms with Crippen LogP contribution in [0, 0.1) is 0 Å². The molecule has 4 heteroatoms. The first-order valence-corrected chi connectivity index (χ1v) is 16.3. The highest BCUT2D eigenvalue weighted by Crippen LogP contribution is 2.43. The van der Waals surface area contributed by atoms with E-state index in [1.54, 1.807) is 0 Å². The number of furan rings is 1. The maximum Gasteiger partial charge on any atom is 0.137 e. The van der Waals surface area contributed by atoms with Crippen molar-refractivity contribution in [1.29, 1.82) is 0 Å². The lowest BCUT2D eigenvalue weighted by Gasteiger charge is -2.26. The summed E-state index contributed by atoms with van der Waals surface area (Å²) in [4.78, 5) is 2.36. The molecule has 0 unspecified atom stereocenters. The SMILES string of the molecule is c1ccc(-n2c3ccccc3c3ccc(N(c4ccc5c(c4)oc4ccccc45)c4ccc5c(c4)sc4ccccc45)cc32)cc1. The predicted octanol–water partition coefficient (Wildman–Crippen LogP) is 12.5. The maximum atomic E-state index is 6.38. The van der Waals surface area contributed by atoms with Crippen molar-refractivity contribution < 1.29 is 4.42 Å². The first kappa shape index (κ1) is 25.5. The van der Waals surface area contributed by atoms with Crippen molar-refractivity contribution in [3.8, 4) is 5.69 Å². The molecule has 3 nitrogen and oxygen atoms in total. The molecule has 0 radical (unpaired) electrons. The van der Waals surface area contributed by atoms with Gasteiger partial charge in [-0.3, -0.25) is 0 Å². The summed E-state index contributed by atoms with van der Waals surface area (Å²) in [6, 6.07) is 56.6. The van der Waals surface area contributed by atoms with E-state index >= 15 is 0 Å². The van der Waals surface area contributed by atoms with E-state index in [1.165, 1.54) is 42.0 Å². The van der Waals surface area contributed by atoms with Crippen molar-refractivity contribution >= 4 is 92.3 Å². The molecular formula is C42H26N2OS. The molecule has 3 aromatic heterocycles. The lowest BCUT2D eigenvalue weighted by Crippen LogP contribution is -2.10.